The predicted octanol–water partition coefficient (Wildman–Crippen LogP) is 3.37. The fourth-order valence-electron chi connectivity index (χ4n) is 5.92. The first-order valence-electron chi connectivity index (χ1n) is 13.6. The van der Waals surface area contributed by atoms with Gasteiger partial charge in [0.15, 0.2) is 5.82 Å². The van der Waals surface area contributed by atoms with E-state index in [1.807, 2.05) is 30.3 Å². The number of aliphatic hydroxyl groups is 1. The molecule has 1 saturated heterocycles. The zero-order valence-corrected chi connectivity index (χ0v) is 21.8. The number of nitrogens with zero attached hydrogens (tertiary/aromatic N) is 4. The van der Waals surface area contributed by atoms with Crippen LogP contribution in [0.15, 0.2) is 60.7 Å². The van der Waals surface area contributed by atoms with Crippen molar-refractivity contribution < 1.29 is 14.6 Å². The first kappa shape index (κ1) is 25.0. The number of hydrogen-bond donors (Lipinski definition) is 2. The minimum Gasteiger partial charge on any atom is -0.390 e. The number of piperidine rings is 1. The minimum atomic E-state index is -0.605. The van der Waals surface area contributed by atoms with Gasteiger partial charge in [0.2, 0.25) is 0 Å². The Bertz CT molecular complexity index is 1280. The van der Waals surface area contributed by atoms with Crippen LogP contribution in [0.3, 0.4) is 0 Å². The van der Waals surface area contributed by atoms with Gasteiger partial charge in [0.25, 0.3) is 5.91 Å². The van der Waals surface area contributed by atoms with Crippen LogP contribution in [-0.4, -0.2) is 81.8 Å². The van der Waals surface area contributed by atoms with Gasteiger partial charge in [-0.2, -0.15) is 0 Å². The second-order valence-corrected chi connectivity index (χ2v) is 10.7. The number of likely N-dealkylation sites (tertiary alicyclic amines) is 1. The molecule has 198 valence electrons. The van der Waals surface area contributed by atoms with Crippen LogP contribution < -0.4 is 5.32 Å². The average Bonchev–Trinajstić information content (AvgIpc) is 2.94. The molecule has 1 aliphatic carbocycles. The van der Waals surface area contributed by atoms with Gasteiger partial charge in [0, 0.05) is 57.0 Å². The quantitative estimate of drug-likeness (QED) is 0.522. The van der Waals surface area contributed by atoms with E-state index < -0.39 is 6.10 Å². The largest absolute Gasteiger partial charge is 0.390 e. The fourth-order valence-corrected chi connectivity index (χ4v) is 5.92. The lowest BCUT2D eigenvalue weighted by Crippen LogP contribution is -2.56. The van der Waals surface area contributed by atoms with Crippen molar-refractivity contribution in [1.29, 1.82) is 0 Å². The third-order valence-electron chi connectivity index (χ3n) is 8.22. The van der Waals surface area contributed by atoms with Crippen molar-refractivity contribution in [3.63, 3.8) is 0 Å². The zero-order valence-electron chi connectivity index (χ0n) is 21.8. The molecular formula is C30H35N5O3. The van der Waals surface area contributed by atoms with Crippen molar-refractivity contribution >= 4 is 11.7 Å². The van der Waals surface area contributed by atoms with Crippen LogP contribution in [0.4, 0.5) is 5.82 Å². The number of ether oxygens (including phenoxy) is 1. The topological polar surface area (TPSA) is 90.8 Å². The molecule has 2 aromatic carbocycles. The zero-order chi connectivity index (χ0) is 26.1. The molecule has 3 heterocycles. The van der Waals surface area contributed by atoms with E-state index in [1.54, 1.807) is 18.1 Å². The van der Waals surface area contributed by atoms with Crippen LogP contribution in [0, 0.1) is 0 Å². The van der Waals surface area contributed by atoms with Gasteiger partial charge >= 0.3 is 0 Å². The Morgan fingerprint density at radius 3 is 2.55 bits per heavy atom. The van der Waals surface area contributed by atoms with Crippen molar-refractivity contribution in [1.82, 2.24) is 19.8 Å². The predicted molar refractivity (Wildman–Crippen MR) is 146 cm³/mol. The van der Waals surface area contributed by atoms with Gasteiger partial charge in [0.1, 0.15) is 11.5 Å². The number of fused-ring (bicyclic) bond motifs is 1. The first-order valence-corrected chi connectivity index (χ1v) is 13.6. The summed E-state index contributed by atoms with van der Waals surface area (Å²) in [6, 6.07) is 20.3. The molecule has 2 aliphatic heterocycles. The van der Waals surface area contributed by atoms with Crippen LogP contribution in [-0.2, 0) is 17.7 Å². The molecule has 1 unspecified atom stereocenters. The van der Waals surface area contributed by atoms with Gasteiger partial charge in [-0.15, -0.1) is 0 Å². The lowest BCUT2D eigenvalue weighted by Gasteiger charge is -2.43. The third kappa shape index (κ3) is 5.16. The Labute approximate surface area is 223 Å². The Morgan fingerprint density at radius 1 is 1.03 bits per heavy atom. The van der Waals surface area contributed by atoms with Gasteiger partial charge in [-0.3, -0.25) is 9.69 Å². The molecule has 2 fully saturated rings. The van der Waals surface area contributed by atoms with E-state index >= 15 is 0 Å². The molecule has 6 rings (SSSR count). The van der Waals surface area contributed by atoms with Crippen molar-refractivity contribution in [3.8, 4) is 11.4 Å². The number of nitrogens with one attached hydrogen (secondary N) is 1. The summed E-state index contributed by atoms with van der Waals surface area (Å²) in [5.41, 5.74) is 3.94. The molecule has 2 N–H and O–H groups in total. The van der Waals surface area contributed by atoms with Crippen molar-refractivity contribution in [2.45, 2.75) is 56.5 Å². The van der Waals surface area contributed by atoms with Gasteiger partial charge < -0.3 is 20.1 Å². The van der Waals surface area contributed by atoms with Crippen molar-refractivity contribution in [2.24, 2.45) is 0 Å². The summed E-state index contributed by atoms with van der Waals surface area (Å²) in [6.07, 6.45) is 3.20. The lowest BCUT2D eigenvalue weighted by atomic mass is 9.89. The lowest BCUT2D eigenvalue weighted by molar-refractivity contribution is -0.0139. The number of amides is 1. The molecule has 0 radical (unpaired) electrons. The van der Waals surface area contributed by atoms with Crippen molar-refractivity contribution in [3.05, 3.63) is 77.5 Å². The molecule has 1 aromatic heterocycles. The molecule has 2 atom stereocenters. The molecule has 3 aliphatic rings. The Balaban J connectivity index is 1.17. The number of rotatable bonds is 6. The van der Waals surface area contributed by atoms with E-state index in [4.69, 9.17) is 9.72 Å². The maximum atomic E-state index is 13.7. The number of aliphatic hydroxyl groups excluding tert-OH is 1. The molecule has 1 saturated carbocycles. The molecule has 0 spiro atoms. The maximum absolute atomic E-state index is 13.7. The number of aromatic nitrogens is 2. The maximum Gasteiger partial charge on any atom is 0.272 e. The number of β-amino-alcohol motifs (C(OH)–C–C–N with tert-alkyl or cyclic N) is 1. The average molecular weight is 514 g/mol. The van der Waals surface area contributed by atoms with E-state index in [1.165, 1.54) is 11.1 Å². The number of carbonyl (C=O) groups is 1. The number of benzene rings is 2. The highest BCUT2D eigenvalue weighted by atomic mass is 16.5. The van der Waals surface area contributed by atoms with E-state index in [9.17, 15) is 9.90 Å². The summed E-state index contributed by atoms with van der Waals surface area (Å²) >= 11 is 0. The third-order valence-corrected chi connectivity index (χ3v) is 8.22. The Morgan fingerprint density at radius 2 is 1.79 bits per heavy atom. The summed E-state index contributed by atoms with van der Waals surface area (Å²) in [7, 11) is 1.73. The van der Waals surface area contributed by atoms with Gasteiger partial charge in [-0.25, -0.2) is 9.97 Å². The molecule has 1 amide bonds. The molecule has 38 heavy (non-hydrogen) atoms. The van der Waals surface area contributed by atoms with E-state index in [-0.39, 0.29) is 24.1 Å². The second-order valence-electron chi connectivity index (χ2n) is 10.7. The normalized spacial score (nSPS) is 25.4. The van der Waals surface area contributed by atoms with Crippen molar-refractivity contribution in [2.75, 3.05) is 32.1 Å². The summed E-state index contributed by atoms with van der Waals surface area (Å²) < 4.78 is 5.41. The minimum absolute atomic E-state index is 0.0438. The van der Waals surface area contributed by atoms with Gasteiger partial charge in [-0.1, -0.05) is 54.6 Å². The van der Waals surface area contributed by atoms with Gasteiger partial charge in [-0.05, 0) is 36.8 Å². The summed E-state index contributed by atoms with van der Waals surface area (Å²) in [4.78, 5) is 27.2. The Hall–Kier alpha value is -3.33. The first-order chi connectivity index (χ1) is 18.6. The molecule has 8 heteroatoms. The summed E-state index contributed by atoms with van der Waals surface area (Å²) in [6.45, 7) is 2.66. The van der Waals surface area contributed by atoms with E-state index in [0.29, 0.717) is 30.4 Å². The molecule has 0 bridgehead atoms. The fraction of sp³-hybridized carbons (Fsp3) is 0.433. The van der Waals surface area contributed by atoms with Crippen LogP contribution in [0.2, 0.25) is 0 Å². The number of methoxy groups -OCH3 is 1. The number of anilines is 1. The molecular weight excluding hydrogens is 478 g/mol. The van der Waals surface area contributed by atoms with E-state index in [0.717, 1.165) is 44.3 Å². The van der Waals surface area contributed by atoms with E-state index in [2.05, 4.69) is 39.5 Å². The van der Waals surface area contributed by atoms with Gasteiger partial charge in [0.05, 0.1) is 12.2 Å². The van der Waals surface area contributed by atoms with Crippen LogP contribution >= 0.6 is 0 Å². The second kappa shape index (κ2) is 10.8. The van der Waals surface area contributed by atoms with Crippen LogP contribution in [0.5, 0.6) is 0 Å². The SMILES string of the molecule is CO[C@H]1C[C@@H](Nc2cc(C(=O)N3CC[C@@H](N4CCc5ccccc5C4)C(O)C3)nc(-c3ccccc3)n2)C1. The summed E-state index contributed by atoms with van der Waals surface area (Å²) in [5, 5.41) is 14.6. The number of carbonyl (C=O) groups excluding carboxylic acids is 1. The highest BCUT2D eigenvalue weighted by Gasteiger charge is 2.36. The smallest absolute Gasteiger partial charge is 0.272 e. The monoisotopic (exact) mass is 513 g/mol. The Kier molecular flexibility index (Phi) is 7.10. The standard InChI is InChI=1S/C30H35N5O3/c1-38-24-15-23(16-24)31-28-17-25(32-29(33-28)21-8-3-2-4-9-21)30(37)35-14-12-26(27(36)19-35)34-13-11-20-7-5-6-10-22(20)18-34/h2-10,17,23-24,26-27,36H,11-16,18-19H2,1H3,(H,31,32,33)/t23-,24+,26-,27?/m1/s1. The number of hydrogen-bond acceptors (Lipinski definition) is 7. The summed E-state index contributed by atoms with van der Waals surface area (Å²) in [5.74, 6) is 0.991. The molecule has 8 nitrogen and oxygen atoms in total. The highest BCUT2D eigenvalue weighted by Crippen LogP contribution is 2.29. The van der Waals surface area contributed by atoms with Crippen LogP contribution in [0.25, 0.3) is 11.4 Å². The molecule has 3 aromatic rings. The highest BCUT2D eigenvalue weighted by molar-refractivity contribution is 5.93. The van der Waals surface area contributed by atoms with Crippen LogP contribution in [0.1, 0.15) is 40.9 Å².